The van der Waals surface area contributed by atoms with Gasteiger partial charge in [-0.2, -0.15) is 0 Å². The molecule has 0 unspecified atom stereocenters. The summed E-state index contributed by atoms with van der Waals surface area (Å²) in [5.74, 6) is 0. The predicted octanol–water partition coefficient (Wildman–Crippen LogP) is 13.4. The molecule has 0 amide bonds. The molecule has 0 N–H and O–H groups in total. The molecule has 9 aromatic carbocycles. The van der Waals surface area contributed by atoms with Crippen molar-refractivity contribution in [2.75, 3.05) is 0 Å². The lowest BCUT2D eigenvalue weighted by Gasteiger charge is -2.25. The van der Waals surface area contributed by atoms with Crippen LogP contribution >= 0.6 is 0 Å². The summed E-state index contributed by atoms with van der Waals surface area (Å²) in [5, 5.41) is 13.0. The number of hydrogen-bond acceptors (Lipinski definition) is 0. The van der Waals surface area contributed by atoms with E-state index in [9.17, 15) is 0 Å². The lowest BCUT2D eigenvalue weighted by Crippen LogP contribution is -2.03. The zero-order chi connectivity index (χ0) is 31.6. The van der Waals surface area contributed by atoms with Crippen LogP contribution in [0, 0.1) is 0 Å². The second kappa shape index (κ2) is 10.8. The number of allylic oxidation sites excluding steroid dienone is 1. The van der Waals surface area contributed by atoms with Crippen LogP contribution in [0.3, 0.4) is 0 Å². The first kappa shape index (κ1) is 27.2. The molecule has 0 radical (unpaired) electrons. The summed E-state index contributed by atoms with van der Waals surface area (Å²) in [5.41, 5.74) is 10.6. The summed E-state index contributed by atoms with van der Waals surface area (Å²) in [6.45, 7) is 0. The topological polar surface area (TPSA) is 0 Å². The highest BCUT2D eigenvalue weighted by molar-refractivity contribution is 6.25. The maximum absolute atomic E-state index is 2.45. The van der Waals surface area contributed by atoms with E-state index in [0.717, 1.165) is 12.8 Å². The molecule has 0 aliphatic heterocycles. The molecule has 0 atom stereocenters. The van der Waals surface area contributed by atoms with Crippen LogP contribution in [0.25, 0.3) is 93.3 Å². The number of hydrogen-bond donors (Lipinski definition) is 0. The highest BCUT2D eigenvalue weighted by atomic mass is 14.3. The van der Waals surface area contributed by atoms with Gasteiger partial charge in [0.2, 0.25) is 0 Å². The zero-order valence-corrected chi connectivity index (χ0v) is 26.6. The Bertz CT molecular complexity index is 2760. The average molecular weight is 609 g/mol. The molecule has 1 aliphatic carbocycles. The van der Waals surface area contributed by atoms with Crippen LogP contribution in [0.4, 0.5) is 0 Å². The van der Waals surface area contributed by atoms with Crippen molar-refractivity contribution in [3.63, 3.8) is 0 Å². The number of benzene rings is 9. The molecule has 10 rings (SSSR count). The molecule has 0 fully saturated rings. The second-order valence-corrected chi connectivity index (χ2v) is 13.1. The standard InChI is InChI=1S/C48H32/c1-2-13-35-29-36(27-23-31(35)11-1)32-21-25-34(26-22-32)46-41-17-7-9-19-43(41)48(44-20-10-8-18-42(44)46)45-30-37-28-24-33-12-3-4-14-38(33)47(37)40-16-6-5-15-39(40)45/h1-7,9-17,19-30H,8,18H2. The Morgan fingerprint density at radius 3 is 1.77 bits per heavy atom. The fraction of sp³-hybridized carbons (Fsp3) is 0.0417. The van der Waals surface area contributed by atoms with E-state index in [0.29, 0.717) is 0 Å². The quantitative estimate of drug-likeness (QED) is 0.175. The molecule has 1 aliphatic rings. The molecule has 0 bridgehead atoms. The van der Waals surface area contributed by atoms with E-state index >= 15 is 0 Å². The molecular weight excluding hydrogens is 577 g/mol. The van der Waals surface area contributed by atoms with E-state index in [-0.39, 0.29) is 0 Å². The third-order valence-corrected chi connectivity index (χ3v) is 10.5. The van der Waals surface area contributed by atoms with Crippen molar-refractivity contribution in [2.24, 2.45) is 0 Å². The Morgan fingerprint density at radius 1 is 0.375 bits per heavy atom. The number of rotatable bonds is 3. The molecule has 0 saturated carbocycles. The van der Waals surface area contributed by atoms with Gasteiger partial charge in [-0.1, -0.05) is 158 Å². The Hall–Kier alpha value is -5.98. The van der Waals surface area contributed by atoms with E-state index < -0.39 is 0 Å². The molecular formula is C48H32. The first-order valence-electron chi connectivity index (χ1n) is 17.0. The summed E-state index contributed by atoms with van der Waals surface area (Å²) >= 11 is 0. The van der Waals surface area contributed by atoms with Crippen molar-refractivity contribution < 1.29 is 0 Å². The van der Waals surface area contributed by atoms with Gasteiger partial charge in [0, 0.05) is 0 Å². The summed E-state index contributed by atoms with van der Waals surface area (Å²) < 4.78 is 0. The van der Waals surface area contributed by atoms with Crippen molar-refractivity contribution in [1.82, 2.24) is 0 Å². The van der Waals surface area contributed by atoms with Gasteiger partial charge in [0.1, 0.15) is 0 Å². The second-order valence-electron chi connectivity index (χ2n) is 13.1. The summed E-state index contributed by atoms with van der Waals surface area (Å²) in [4.78, 5) is 0. The molecule has 0 saturated heterocycles. The molecule has 9 aromatic rings. The largest absolute Gasteiger partial charge is 0.0836 e. The van der Waals surface area contributed by atoms with Crippen molar-refractivity contribution in [3.8, 4) is 33.4 Å². The van der Waals surface area contributed by atoms with Gasteiger partial charge in [0.25, 0.3) is 0 Å². The molecule has 48 heavy (non-hydrogen) atoms. The Morgan fingerprint density at radius 2 is 0.958 bits per heavy atom. The molecule has 224 valence electrons. The van der Waals surface area contributed by atoms with Crippen LogP contribution in [0.15, 0.2) is 164 Å². The first-order valence-corrected chi connectivity index (χ1v) is 17.0. The Balaban J connectivity index is 1.22. The van der Waals surface area contributed by atoms with Crippen LogP contribution in [0.5, 0.6) is 0 Å². The smallest absolute Gasteiger partial charge is 0.00233 e. The average Bonchev–Trinajstić information content (AvgIpc) is 3.16. The minimum atomic E-state index is 1.03. The summed E-state index contributed by atoms with van der Waals surface area (Å²) in [7, 11) is 0. The minimum Gasteiger partial charge on any atom is -0.0836 e. The van der Waals surface area contributed by atoms with Gasteiger partial charge in [0.05, 0.1) is 0 Å². The fourth-order valence-electron chi connectivity index (χ4n) is 8.29. The zero-order valence-electron chi connectivity index (χ0n) is 26.6. The van der Waals surface area contributed by atoms with Gasteiger partial charge in [-0.25, -0.2) is 0 Å². The molecule has 0 aromatic heterocycles. The monoisotopic (exact) mass is 608 g/mol. The highest BCUT2D eigenvalue weighted by Gasteiger charge is 2.23. The van der Waals surface area contributed by atoms with E-state index in [1.54, 1.807) is 0 Å². The summed E-state index contributed by atoms with van der Waals surface area (Å²) in [6, 6.07) is 58.5. The van der Waals surface area contributed by atoms with Crippen LogP contribution < -0.4 is 0 Å². The van der Waals surface area contributed by atoms with Gasteiger partial charge in [-0.3, -0.25) is 0 Å². The summed E-state index contributed by atoms with van der Waals surface area (Å²) in [6.07, 6.45) is 6.84. The molecule has 0 heteroatoms. The minimum absolute atomic E-state index is 1.03. The van der Waals surface area contributed by atoms with Crippen molar-refractivity contribution >= 4 is 59.9 Å². The predicted molar refractivity (Wildman–Crippen MR) is 208 cm³/mol. The van der Waals surface area contributed by atoms with E-state index in [1.165, 1.54) is 98.4 Å². The van der Waals surface area contributed by atoms with Crippen molar-refractivity contribution in [1.29, 1.82) is 0 Å². The van der Waals surface area contributed by atoms with Gasteiger partial charge in [0.15, 0.2) is 0 Å². The molecule has 0 spiro atoms. The third-order valence-electron chi connectivity index (χ3n) is 10.5. The van der Waals surface area contributed by atoms with E-state index in [4.69, 9.17) is 0 Å². The van der Waals surface area contributed by atoms with Crippen LogP contribution in [-0.4, -0.2) is 0 Å². The highest BCUT2D eigenvalue weighted by Crippen LogP contribution is 2.48. The van der Waals surface area contributed by atoms with Crippen LogP contribution in [0.1, 0.15) is 17.5 Å². The first-order chi connectivity index (χ1) is 23.8. The van der Waals surface area contributed by atoms with Gasteiger partial charge >= 0.3 is 0 Å². The lowest BCUT2D eigenvalue weighted by molar-refractivity contribution is 0.991. The Labute approximate surface area is 280 Å². The van der Waals surface area contributed by atoms with Crippen LogP contribution in [-0.2, 0) is 6.42 Å². The number of fused-ring (bicyclic) bond motifs is 8. The van der Waals surface area contributed by atoms with Crippen molar-refractivity contribution in [3.05, 3.63) is 175 Å². The molecule has 0 nitrogen and oxygen atoms in total. The molecule has 0 heterocycles. The van der Waals surface area contributed by atoms with E-state index in [2.05, 4.69) is 170 Å². The van der Waals surface area contributed by atoms with E-state index in [1.807, 2.05) is 0 Å². The lowest BCUT2D eigenvalue weighted by atomic mass is 9.79. The normalized spacial score (nSPS) is 12.8. The van der Waals surface area contributed by atoms with Gasteiger partial charge < -0.3 is 0 Å². The fourth-order valence-corrected chi connectivity index (χ4v) is 8.29. The van der Waals surface area contributed by atoms with Gasteiger partial charge in [-0.05, 0) is 123 Å². The van der Waals surface area contributed by atoms with Gasteiger partial charge in [-0.15, -0.1) is 0 Å². The maximum atomic E-state index is 2.45. The SMILES string of the molecule is C1=Cc2c(c(-c3ccc(-c4ccc5ccccc5c4)cc3)c3ccccc3c2-c2cc3ccc4ccccc4c3c3ccccc23)CC1. The Kier molecular flexibility index (Phi) is 6.11. The van der Waals surface area contributed by atoms with Crippen molar-refractivity contribution in [2.45, 2.75) is 12.8 Å². The van der Waals surface area contributed by atoms with Crippen LogP contribution in [0.2, 0.25) is 0 Å². The maximum Gasteiger partial charge on any atom is -0.00233 e. The third kappa shape index (κ3) is 4.16.